The molecule has 0 bridgehead atoms. The molecule has 0 unspecified atom stereocenters. The molecule has 2 heteroatoms. The molecule has 0 spiro atoms. The van der Waals surface area contributed by atoms with Crippen molar-refractivity contribution in [3.8, 4) is 0 Å². The molecule has 0 aliphatic rings. The van der Waals surface area contributed by atoms with Crippen LogP contribution in [-0.2, 0) is 0 Å². The van der Waals surface area contributed by atoms with Gasteiger partial charge in [-0.15, -0.1) is 0 Å². The molecule has 0 amide bonds. The molecule has 0 radical (unpaired) electrons. The maximum atomic E-state index is 4.22. The van der Waals surface area contributed by atoms with E-state index in [0.29, 0.717) is 0 Å². The van der Waals surface area contributed by atoms with Crippen molar-refractivity contribution in [3.05, 3.63) is 0 Å². The van der Waals surface area contributed by atoms with E-state index < -0.39 is 0 Å². The molecule has 60 valence electrons. The van der Waals surface area contributed by atoms with Crippen LogP contribution in [0.4, 0.5) is 0 Å². The second-order valence-electron chi connectivity index (χ2n) is 3.40. The minimum absolute atomic E-state index is 0.145. The molecule has 0 heterocycles. The Kier molecular flexibility index (Phi) is 3.40. The molecule has 0 N–H and O–H groups in total. The maximum Gasteiger partial charge on any atom is 0.0491 e. The number of hydrogen-bond donors (Lipinski definition) is 0. The number of hydrogen-bond acceptors (Lipinski definition) is 2. The summed E-state index contributed by atoms with van der Waals surface area (Å²) in [5, 5.41) is 6.19. The summed E-state index contributed by atoms with van der Waals surface area (Å²) >= 11 is 0. The van der Waals surface area contributed by atoms with Crippen LogP contribution in [0.5, 0.6) is 0 Å². The SMILES string of the molecule is CC/C=N/N(C)C(C)(C)C. The van der Waals surface area contributed by atoms with Crippen molar-refractivity contribution in [2.75, 3.05) is 7.05 Å². The van der Waals surface area contributed by atoms with Crippen LogP contribution in [0, 0.1) is 0 Å². The van der Waals surface area contributed by atoms with Crippen LogP contribution in [0.2, 0.25) is 0 Å². The zero-order valence-corrected chi connectivity index (χ0v) is 7.68. The molecule has 2 nitrogen and oxygen atoms in total. The quantitative estimate of drug-likeness (QED) is 0.426. The fourth-order valence-electron chi connectivity index (χ4n) is 0.377. The second-order valence-corrected chi connectivity index (χ2v) is 3.40. The first-order valence-corrected chi connectivity index (χ1v) is 3.74. The van der Waals surface area contributed by atoms with Gasteiger partial charge in [0.05, 0.1) is 0 Å². The topological polar surface area (TPSA) is 15.6 Å². The van der Waals surface area contributed by atoms with Crippen LogP contribution in [0.1, 0.15) is 34.1 Å². The van der Waals surface area contributed by atoms with E-state index in [1.165, 1.54) is 0 Å². The number of rotatable bonds is 2. The summed E-state index contributed by atoms with van der Waals surface area (Å²) in [6, 6.07) is 0. The largest absolute Gasteiger partial charge is 0.295 e. The highest BCUT2D eigenvalue weighted by Gasteiger charge is 2.13. The molecule has 0 rings (SSSR count). The summed E-state index contributed by atoms with van der Waals surface area (Å²) in [6.45, 7) is 8.50. The average Bonchev–Trinajstić information content (AvgIpc) is 1.80. The fraction of sp³-hybridized carbons (Fsp3) is 0.875. The lowest BCUT2D eigenvalue weighted by Crippen LogP contribution is -2.33. The third kappa shape index (κ3) is 3.49. The van der Waals surface area contributed by atoms with Crippen molar-refractivity contribution >= 4 is 6.21 Å². The van der Waals surface area contributed by atoms with E-state index in [-0.39, 0.29) is 5.54 Å². The van der Waals surface area contributed by atoms with Crippen molar-refractivity contribution in [1.29, 1.82) is 0 Å². The minimum Gasteiger partial charge on any atom is -0.295 e. The van der Waals surface area contributed by atoms with Gasteiger partial charge in [0.25, 0.3) is 0 Å². The third-order valence-corrected chi connectivity index (χ3v) is 1.41. The zero-order chi connectivity index (χ0) is 8.20. The average molecular weight is 142 g/mol. The maximum absolute atomic E-state index is 4.22. The summed E-state index contributed by atoms with van der Waals surface area (Å²) in [7, 11) is 1.99. The first-order valence-electron chi connectivity index (χ1n) is 3.74. The summed E-state index contributed by atoms with van der Waals surface area (Å²) < 4.78 is 0. The highest BCUT2D eigenvalue weighted by molar-refractivity contribution is 5.56. The van der Waals surface area contributed by atoms with Gasteiger partial charge in [-0.05, 0) is 27.2 Å². The standard InChI is InChI=1S/C8H18N2/c1-6-7-9-10(5)8(2,3)4/h7H,6H2,1-5H3/b9-7+. The van der Waals surface area contributed by atoms with E-state index in [2.05, 4.69) is 32.8 Å². The minimum atomic E-state index is 0.145. The smallest absolute Gasteiger partial charge is 0.0491 e. The van der Waals surface area contributed by atoms with Crippen LogP contribution >= 0.6 is 0 Å². The van der Waals surface area contributed by atoms with Crippen molar-refractivity contribution in [3.63, 3.8) is 0 Å². The fourth-order valence-corrected chi connectivity index (χ4v) is 0.377. The molecule has 0 aromatic carbocycles. The van der Waals surface area contributed by atoms with Gasteiger partial charge >= 0.3 is 0 Å². The molecule has 0 aliphatic carbocycles. The van der Waals surface area contributed by atoms with Gasteiger partial charge in [0.1, 0.15) is 0 Å². The summed E-state index contributed by atoms with van der Waals surface area (Å²) in [4.78, 5) is 0. The van der Waals surface area contributed by atoms with E-state index in [1.54, 1.807) is 0 Å². The van der Waals surface area contributed by atoms with Crippen LogP contribution in [-0.4, -0.2) is 23.8 Å². The molecule has 0 fully saturated rings. The normalized spacial score (nSPS) is 12.5. The van der Waals surface area contributed by atoms with E-state index in [0.717, 1.165) is 6.42 Å². The second kappa shape index (κ2) is 3.59. The summed E-state index contributed by atoms with van der Waals surface area (Å²) in [5.41, 5.74) is 0.145. The molecule has 0 atom stereocenters. The lowest BCUT2D eigenvalue weighted by Gasteiger charge is -2.28. The Labute approximate surface area is 63.9 Å². The molecule has 0 saturated heterocycles. The Balaban J connectivity index is 3.84. The lowest BCUT2D eigenvalue weighted by atomic mass is 10.1. The predicted octanol–water partition coefficient (Wildman–Crippen LogP) is 2.11. The van der Waals surface area contributed by atoms with Crippen molar-refractivity contribution in [1.82, 2.24) is 5.01 Å². The third-order valence-electron chi connectivity index (χ3n) is 1.41. The van der Waals surface area contributed by atoms with Crippen LogP contribution in [0.15, 0.2) is 5.10 Å². The van der Waals surface area contributed by atoms with Crippen LogP contribution < -0.4 is 0 Å². The molecule has 0 aromatic rings. The van der Waals surface area contributed by atoms with Gasteiger partial charge in [-0.25, -0.2) is 0 Å². The van der Waals surface area contributed by atoms with E-state index in [4.69, 9.17) is 0 Å². The van der Waals surface area contributed by atoms with Gasteiger partial charge in [0.15, 0.2) is 0 Å². The Hall–Kier alpha value is -0.530. The van der Waals surface area contributed by atoms with Crippen LogP contribution in [0.25, 0.3) is 0 Å². The lowest BCUT2D eigenvalue weighted by molar-refractivity contribution is 0.184. The van der Waals surface area contributed by atoms with Gasteiger partial charge in [0, 0.05) is 18.8 Å². The Morgan fingerprint density at radius 3 is 2.20 bits per heavy atom. The molecule has 0 aliphatic heterocycles. The number of hydrazone groups is 1. The van der Waals surface area contributed by atoms with E-state index in [1.807, 2.05) is 18.3 Å². The first-order chi connectivity index (χ1) is 4.48. The van der Waals surface area contributed by atoms with E-state index in [9.17, 15) is 0 Å². The van der Waals surface area contributed by atoms with Gasteiger partial charge in [0.2, 0.25) is 0 Å². The molecular formula is C8H18N2. The monoisotopic (exact) mass is 142 g/mol. The highest BCUT2D eigenvalue weighted by atomic mass is 15.5. The molecule has 0 saturated carbocycles. The number of nitrogens with zero attached hydrogens (tertiary/aromatic N) is 2. The summed E-state index contributed by atoms with van der Waals surface area (Å²) in [6.07, 6.45) is 2.92. The van der Waals surface area contributed by atoms with Gasteiger partial charge in [-0.2, -0.15) is 5.10 Å². The molecule has 0 aromatic heterocycles. The Morgan fingerprint density at radius 1 is 1.40 bits per heavy atom. The zero-order valence-electron chi connectivity index (χ0n) is 7.68. The van der Waals surface area contributed by atoms with Crippen molar-refractivity contribution in [2.45, 2.75) is 39.7 Å². The van der Waals surface area contributed by atoms with Gasteiger partial charge in [-0.3, -0.25) is 5.01 Å². The molecule has 10 heavy (non-hydrogen) atoms. The predicted molar refractivity (Wildman–Crippen MR) is 46.3 cm³/mol. The van der Waals surface area contributed by atoms with Crippen molar-refractivity contribution < 1.29 is 0 Å². The van der Waals surface area contributed by atoms with Gasteiger partial charge in [-0.1, -0.05) is 6.92 Å². The van der Waals surface area contributed by atoms with E-state index >= 15 is 0 Å². The van der Waals surface area contributed by atoms with Gasteiger partial charge < -0.3 is 0 Å². The highest BCUT2D eigenvalue weighted by Crippen LogP contribution is 2.09. The summed E-state index contributed by atoms with van der Waals surface area (Å²) in [5.74, 6) is 0. The molecular weight excluding hydrogens is 124 g/mol. The Morgan fingerprint density at radius 2 is 1.90 bits per heavy atom. The first kappa shape index (κ1) is 9.47. The van der Waals surface area contributed by atoms with Crippen LogP contribution in [0.3, 0.4) is 0 Å². The van der Waals surface area contributed by atoms with Crippen molar-refractivity contribution in [2.24, 2.45) is 5.10 Å². The Bertz CT molecular complexity index is 111.